The van der Waals surface area contributed by atoms with E-state index in [1.54, 1.807) is 37.3 Å². The van der Waals surface area contributed by atoms with Gasteiger partial charge in [0.1, 0.15) is 13.2 Å². The van der Waals surface area contributed by atoms with E-state index in [9.17, 15) is 13.2 Å². The van der Waals surface area contributed by atoms with Crippen LogP contribution in [-0.4, -0.2) is 44.9 Å². The molecule has 2 aromatic carbocycles. The lowest BCUT2D eigenvalue weighted by Crippen LogP contribution is -2.28. The molecule has 1 saturated heterocycles. The number of ether oxygens (including phenoxy) is 2. The maximum Gasteiger partial charge on any atom is 0.255 e. The number of aryl methyl sites for hydroxylation is 1. The number of benzene rings is 2. The molecule has 0 unspecified atom stereocenters. The van der Waals surface area contributed by atoms with Gasteiger partial charge >= 0.3 is 0 Å². The van der Waals surface area contributed by atoms with Crippen molar-refractivity contribution >= 4 is 21.6 Å². The van der Waals surface area contributed by atoms with Gasteiger partial charge in [-0.3, -0.25) is 4.79 Å². The van der Waals surface area contributed by atoms with E-state index in [0.29, 0.717) is 54.6 Å². The zero-order valence-corrected chi connectivity index (χ0v) is 16.4. The van der Waals surface area contributed by atoms with E-state index < -0.39 is 10.0 Å². The number of anilines is 1. The van der Waals surface area contributed by atoms with Gasteiger partial charge in [-0.15, -0.1) is 0 Å². The third-order valence-electron chi connectivity index (χ3n) is 4.93. The molecule has 0 bridgehead atoms. The fraction of sp³-hybridized carbons (Fsp3) is 0.350. The summed E-state index contributed by atoms with van der Waals surface area (Å²) in [6.07, 6.45) is 1.73. The number of amides is 1. The lowest BCUT2D eigenvalue weighted by Gasteiger charge is -2.19. The summed E-state index contributed by atoms with van der Waals surface area (Å²) in [5.41, 5.74) is 1.47. The second-order valence-electron chi connectivity index (χ2n) is 6.90. The number of fused-ring (bicyclic) bond motifs is 1. The van der Waals surface area contributed by atoms with Crippen molar-refractivity contribution in [2.24, 2.45) is 0 Å². The molecule has 1 fully saturated rings. The molecule has 0 saturated carbocycles. The Morgan fingerprint density at radius 2 is 1.71 bits per heavy atom. The highest BCUT2D eigenvalue weighted by Gasteiger charge is 2.29. The van der Waals surface area contributed by atoms with Gasteiger partial charge in [-0.25, -0.2) is 8.42 Å². The molecule has 0 radical (unpaired) electrons. The summed E-state index contributed by atoms with van der Waals surface area (Å²) in [5, 5.41) is 2.79. The number of sulfonamides is 1. The summed E-state index contributed by atoms with van der Waals surface area (Å²) in [6.45, 7) is 3.74. The molecule has 28 heavy (non-hydrogen) atoms. The third-order valence-corrected chi connectivity index (χ3v) is 6.97. The van der Waals surface area contributed by atoms with E-state index in [4.69, 9.17) is 9.47 Å². The molecular weight excluding hydrogens is 380 g/mol. The first kappa shape index (κ1) is 18.8. The first-order valence-corrected chi connectivity index (χ1v) is 10.7. The zero-order chi connectivity index (χ0) is 19.7. The van der Waals surface area contributed by atoms with Gasteiger partial charge in [0.05, 0.1) is 4.90 Å². The second-order valence-corrected chi connectivity index (χ2v) is 8.81. The van der Waals surface area contributed by atoms with Crippen molar-refractivity contribution in [3.8, 4) is 11.5 Å². The van der Waals surface area contributed by atoms with Gasteiger partial charge in [-0.2, -0.15) is 4.31 Å². The monoisotopic (exact) mass is 402 g/mol. The van der Waals surface area contributed by atoms with Gasteiger partial charge in [-0.05, 0) is 49.6 Å². The Kier molecular flexibility index (Phi) is 4.99. The average molecular weight is 402 g/mol. The lowest BCUT2D eigenvalue weighted by atomic mass is 10.1. The molecule has 148 valence electrons. The molecule has 2 aliphatic rings. The number of hydrogen-bond donors (Lipinski definition) is 1. The van der Waals surface area contributed by atoms with Crippen LogP contribution in [0.4, 0.5) is 5.69 Å². The molecule has 0 atom stereocenters. The van der Waals surface area contributed by atoms with Crippen molar-refractivity contribution in [1.82, 2.24) is 4.31 Å². The molecular formula is C20H22N2O5S. The van der Waals surface area contributed by atoms with Crippen LogP contribution in [0.3, 0.4) is 0 Å². The first-order chi connectivity index (χ1) is 13.4. The van der Waals surface area contributed by atoms with Gasteiger partial charge in [0, 0.05) is 30.4 Å². The van der Waals surface area contributed by atoms with Crippen LogP contribution in [0.25, 0.3) is 0 Å². The Morgan fingerprint density at radius 3 is 2.46 bits per heavy atom. The van der Waals surface area contributed by atoms with Gasteiger partial charge in [0.2, 0.25) is 10.0 Å². The molecule has 2 heterocycles. The minimum Gasteiger partial charge on any atom is -0.486 e. The zero-order valence-electron chi connectivity index (χ0n) is 15.6. The molecule has 2 aromatic rings. The van der Waals surface area contributed by atoms with Crippen molar-refractivity contribution in [3.05, 3.63) is 47.5 Å². The van der Waals surface area contributed by atoms with Crippen LogP contribution >= 0.6 is 0 Å². The normalized spacial score (nSPS) is 16.8. The lowest BCUT2D eigenvalue weighted by molar-refractivity contribution is 0.102. The quantitative estimate of drug-likeness (QED) is 0.850. The Morgan fingerprint density at radius 1 is 1.00 bits per heavy atom. The maximum atomic E-state index is 12.9. The van der Waals surface area contributed by atoms with E-state index in [1.165, 1.54) is 10.4 Å². The molecule has 0 spiro atoms. The number of nitrogens with zero attached hydrogens (tertiary/aromatic N) is 1. The molecule has 4 rings (SSSR count). The molecule has 7 nitrogen and oxygen atoms in total. The van der Waals surface area contributed by atoms with E-state index in [1.807, 2.05) is 0 Å². The van der Waals surface area contributed by atoms with Crippen LogP contribution in [0, 0.1) is 6.92 Å². The van der Waals surface area contributed by atoms with Crippen LogP contribution in [0.5, 0.6) is 11.5 Å². The first-order valence-electron chi connectivity index (χ1n) is 9.27. The number of hydrogen-bond acceptors (Lipinski definition) is 5. The fourth-order valence-corrected chi connectivity index (χ4v) is 5.18. The molecule has 8 heteroatoms. The molecule has 1 amide bonds. The standard InChI is InChI=1S/C20H22N2O5S/c1-14-4-5-15(12-19(14)28(24,25)22-8-2-3-9-22)20(23)21-16-6-7-17-18(13-16)27-11-10-26-17/h4-7,12-13H,2-3,8-11H2,1H3,(H,21,23). The summed E-state index contributed by atoms with van der Waals surface area (Å²) in [7, 11) is -3.59. The maximum absolute atomic E-state index is 12.9. The summed E-state index contributed by atoms with van der Waals surface area (Å²) in [6, 6.07) is 9.91. The highest BCUT2D eigenvalue weighted by Crippen LogP contribution is 2.33. The van der Waals surface area contributed by atoms with E-state index in [-0.39, 0.29) is 10.8 Å². The largest absolute Gasteiger partial charge is 0.486 e. The Bertz CT molecular complexity index is 1010. The average Bonchev–Trinajstić information content (AvgIpc) is 3.24. The molecule has 0 aliphatic carbocycles. The van der Waals surface area contributed by atoms with Crippen molar-refractivity contribution < 1.29 is 22.7 Å². The molecule has 2 aliphatic heterocycles. The number of carbonyl (C=O) groups excluding carboxylic acids is 1. The van der Waals surface area contributed by atoms with E-state index in [0.717, 1.165) is 12.8 Å². The third kappa shape index (κ3) is 3.57. The smallest absolute Gasteiger partial charge is 0.255 e. The van der Waals surface area contributed by atoms with Crippen LogP contribution in [0.2, 0.25) is 0 Å². The minimum atomic E-state index is -3.59. The highest BCUT2D eigenvalue weighted by atomic mass is 32.2. The second kappa shape index (κ2) is 7.44. The fourth-order valence-electron chi connectivity index (χ4n) is 3.41. The topological polar surface area (TPSA) is 84.9 Å². The predicted molar refractivity (Wildman–Crippen MR) is 105 cm³/mol. The molecule has 1 N–H and O–H groups in total. The van der Waals surface area contributed by atoms with Crippen molar-refractivity contribution in [2.75, 3.05) is 31.6 Å². The number of rotatable bonds is 4. The van der Waals surface area contributed by atoms with Crippen LogP contribution in [-0.2, 0) is 10.0 Å². The number of carbonyl (C=O) groups is 1. The summed E-state index contributed by atoms with van der Waals surface area (Å²) in [5.74, 6) is 0.832. The van der Waals surface area contributed by atoms with E-state index >= 15 is 0 Å². The molecule has 0 aromatic heterocycles. The number of nitrogens with one attached hydrogen (secondary N) is 1. The van der Waals surface area contributed by atoms with Crippen LogP contribution in [0.1, 0.15) is 28.8 Å². The van der Waals surface area contributed by atoms with Gasteiger partial charge in [0.25, 0.3) is 5.91 Å². The van der Waals surface area contributed by atoms with E-state index in [2.05, 4.69) is 5.32 Å². The SMILES string of the molecule is Cc1ccc(C(=O)Nc2ccc3c(c2)OCCO3)cc1S(=O)(=O)N1CCCC1. The highest BCUT2D eigenvalue weighted by molar-refractivity contribution is 7.89. The van der Waals surface area contributed by atoms with Crippen LogP contribution in [0.15, 0.2) is 41.3 Å². The minimum absolute atomic E-state index is 0.184. The Hall–Kier alpha value is -2.58. The summed E-state index contributed by atoms with van der Waals surface area (Å²) in [4.78, 5) is 12.9. The van der Waals surface area contributed by atoms with Crippen LogP contribution < -0.4 is 14.8 Å². The van der Waals surface area contributed by atoms with Crippen molar-refractivity contribution in [2.45, 2.75) is 24.7 Å². The summed E-state index contributed by atoms with van der Waals surface area (Å²) < 4.78 is 38.3. The van der Waals surface area contributed by atoms with Gasteiger partial charge in [-0.1, -0.05) is 6.07 Å². The van der Waals surface area contributed by atoms with Crippen molar-refractivity contribution in [3.63, 3.8) is 0 Å². The summed E-state index contributed by atoms with van der Waals surface area (Å²) >= 11 is 0. The predicted octanol–water partition coefficient (Wildman–Crippen LogP) is 2.80. The Labute approximate surface area is 164 Å². The Balaban J connectivity index is 1.58. The van der Waals surface area contributed by atoms with Gasteiger partial charge < -0.3 is 14.8 Å². The van der Waals surface area contributed by atoms with Gasteiger partial charge in [0.15, 0.2) is 11.5 Å². The van der Waals surface area contributed by atoms with Crippen molar-refractivity contribution in [1.29, 1.82) is 0 Å².